The molecule has 0 spiro atoms. The molecule has 1 radical (unpaired) electrons. The van der Waals surface area contributed by atoms with Gasteiger partial charge in [0.15, 0.2) is 0 Å². The van der Waals surface area contributed by atoms with Crippen molar-refractivity contribution in [3.05, 3.63) is 47.9 Å². The van der Waals surface area contributed by atoms with E-state index in [1.54, 1.807) is 0 Å². The molecule has 1 aromatic rings. The van der Waals surface area contributed by atoms with E-state index in [1.807, 2.05) is 0 Å². The fraction of sp³-hybridized carbons (Fsp3) is 0.389. The number of benzene rings is 1. The Bertz CT molecular complexity index is 591. The summed E-state index contributed by atoms with van der Waals surface area (Å²) < 4.78 is 0. The van der Waals surface area contributed by atoms with E-state index in [2.05, 4.69) is 92.9 Å². The van der Waals surface area contributed by atoms with Crippen LogP contribution in [0.25, 0.3) is 0 Å². The van der Waals surface area contributed by atoms with Gasteiger partial charge in [0.2, 0.25) is 0 Å². The van der Waals surface area contributed by atoms with Crippen molar-refractivity contribution in [1.82, 2.24) is 4.90 Å². The van der Waals surface area contributed by atoms with Crippen molar-refractivity contribution >= 4 is 13.8 Å². The predicted octanol–water partition coefficient (Wildman–Crippen LogP) is 4.21. The van der Waals surface area contributed by atoms with Gasteiger partial charge in [0.05, 0.1) is 6.54 Å². The Kier molecular flexibility index (Phi) is 4.48. The molecule has 111 valence electrons. The van der Waals surface area contributed by atoms with Crippen LogP contribution in [0.3, 0.4) is 0 Å². The van der Waals surface area contributed by atoms with Gasteiger partial charge in [-0.1, -0.05) is 43.3 Å². The van der Waals surface area contributed by atoms with Crippen LogP contribution in [0.1, 0.15) is 16.7 Å². The number of nitrogens with zero attached hydrogens (tertiary/aromatic N) is 2. The van der Waals surface area contributed by atoms with Crippen molar-refractivity contribution in [3.63, 3.8) is 0 Å². The van der Waals surface area contributed by atoms with Gasteiger partial charge in [-0.05, 0) is 31.9 Å². The fourth-order valence-corrected chi connectivity index (χ4v) is 3.21. The Morgan fingerprint density at radius 3 is 2.19 bits per heavy atom. The molecule has 1 aromatic carbocycles. The van der Waals surface area contributed by atoms with Gasteiger partial charge in [0.25, 0.3) is 0 Å². The molecule has 21 heavy (non-hydrogen) atoms. The maximum Gasteiger partial charge on any atom is 0.146 e. The highest BCUT2D eigenvalue weighted by Gasteiger charge is 2.18. The summed E-state index contributed by atoms with van der Waals surface area (Å²) in [4.78, 5) is 4.34. The zero-order valence-electron chi connectivity index (χ0n) is 14.0. The van der Waals surface area contributed by atoms with Crippen molar-refractivity contribution in [1.29, 1.82) is 0 Å². The summed E-state index contributed by atoms with van der Waals surface area (Å²) in [5, 5.41) is 0. The van der Waals surface area contributed by atoms with Crippen molar-refractivity contribution in [2.45, 2.75) is 40.4 Å². The minimum atomic E-state index is -1.27. The van der Waals surface area contributed by atoms with E-state index in [9.17, 15) is 0 Å². The Hall–Kier alpha value is -1.66. The van der Waals surface area contributed by atoms with Crippen LogP contribution in [0, 0.1) is 38.9 Å². The molecule has 1 heterocycles. The molecule has 0 aliphatic carbocycles. The second kappa shape index (κ2) is 5.99. The average molecular weight is 297 g/mol. The van der Waals surface area contributed by atoms with Gasteiger partial charge in [-0.15, -0.1) is 5.54 Å². The summed E-state index contributed by atoms with van der Waals surface area (Å²) in [5.74, 6) is 3.31. The number of hydrogen-bond acceptors (Lipinski definition) is 2. The molecule has 1 aliphatic heterocycles. The largest absolute Gasteiger partial charge is 0.341 e. The molecule has 3 heteroatoms. The van der Waals surface area contributed by atoms with Gasteiger partial charge in [-0.2, -0.15) is 0 Å². The van der Waals surface area contributed by atoms with E-state index < -0.39 is 8.07 Å². The summed E-state index contributed by atoms with van der Waals surface area (Å²) in [6.45, 7) is 16.2. The van der Waals surface area contributed by atoms with E-state index in [-0.39, 0.29) is 0 Å². The van der Waals surface area contributed by atoms with E-state index in [0.29, 0.717) is 0 Å². The fourth-order valence-electron chi connectivity index (χ4n) is 2.60. The smallest absolute Gasteiger partial charge is 0.146 e. The third-order valence-corrected chi connectivity index (χ3v) is 4.24. The molecule has 2 rings (SSSR count). The third kappa shape index (κ3) is 4.15. The maximum absolute atomic E-state index is 3.41. The lowest BCUT2D eigenvalue weighted by molar-refractivity contribution is 0.529. The Labute approximate surface area is 130 Å². The first kappa shape index (κ1) is 15.7. The second-order valence-electron chi connectivity index (χ2n) is 6.79. The van der Waals surface area contributed by atoms with Crippen LogP contribution in [-0.4, -0.2) is 19.5 Å². The molecular weight excluding hydrogens is 272 g/mol. The van der Waals surface area contributed by atoms with Gasteiger partial charge in [0.1, 0.15) is 14.7 Å². The van der Waals surface area contributed by atoms with Crippen molar-refractivity contribution < 1.29 is 0 Å². The number of rotatable bonds is 2. The summed E-state index contributed by atoms with van der Waals surface area (Å²) in [7, 11) is -1.27. The van der Waals surface area contributed by atoms with Crippen molar-refractivity contribution in [3.8, 4) is 11.5 Å². The van der Waals surface area contributed by atoms with E-state index >= 15 is 0 Å². The topological polar surface area (TPSA) is 6.48 Å². The monoisotopic (exact) mass is 297 g/mol. The Balaban J connectivity index is 2.07. The average Bonchev–Trinajstić information content (AvgIpc) is 2.74. The summed E-state index contributed by atoms with van der Waals surface area (Å²) in [6, 6.07) is 4.47. The van der Waals surface area contributed by atoms with Gasteiger partial charge < -0.3 is 9.80 Å². The standard InChI is InChI=1S/C18H25N2Si/c1-15-12-16(2)18(17(3)13-15)20-10-9-19(14-20)8-7-11-21(4,5)6/h9-10,12-14H,8H2,1-6H3. The molecule has 2 nitrogen and oxygen atoms in total. The Morgan fingerprint density at radius 2 is 1.62 bits per heavy atom. The lowest BCUT2D eigenvalue weighted by Crippen LogP contribution is -2.21. The van der Waals surface area contributed by atoms with E-state index in [1.165, 1.54) is 22.4 Å². The van der Waals surface area contributed by atoms with Crippen LogP contribution in [0.5, 0.6) is 0 Å². The highest BCUT2D eigenvalue weighted by molar-refractivity contribution is 6.83. The first-order valence-electron chi connectivity index (χ1n) is 7.41. The van der Waals surface area contributed by atoms with Crippen molar-refractivity contribution in [2.24, 2.45) is 0 Å². The molecule has 1 aliphatic rings. The van der Waals surface area contributed by atoms with Gasteiger partial charge in [-0.25, -0.2) is 0 Å². The molecule has 0 fully saturated rings. The van der Waals surface area contributed by atoms with Crippen molar-refractivity contribution in [2.75, 3.05) is 11.4 Å². The molecule has 0 amide bonds. The first-order valence-corrected chi connectivity index (χ1v) is 10.9. The summed E-state index contributed by atoms with van der Waals surface area (Å²) in [6.07, 6.45) is 4.21. The quantitative estimate of drug-likeness (QED) is 0.596. The number of hydrogen-bond donors (Lipinski definition) is 0. The number of aryl methyl sites for hydroxylation is 3. The van der Waals surface area contributed by atoms with E-state index in [0.717, 1.165) is 6.54 Å². The zero-order chi connectivity index (χ0) is 15.6. The highest BCUT2D eigenvalue weighted by Crippen LogP contribution is 2.30. The molecule has 0 bridgehead atoms. The molecule has 0 unspecified atom stereocenters. The highest BCUT2D eigenvalue weighted by atomic mass is 28.3. The van der Waals surface area contributed by atoms with Crippen LogP contribution in [0.2, 0.25) is 19.6 Å². The summed E-state index contributed by atoms with van der Waals surface area (Å²) in [5.41, 5.74) is 8.62. The minimum absolute atomic E-state index is 0.765. The molecular formula is C18H25N2Si. The van der Waals surface area contributed by atoms with Crippen LogP contribution < -0.4 is 4.90 Å². The van der Waals surface area contributed by atoms with Gasteiger partial charge in [-0.3, -0.25) is 0 Å². The summed E-state index contributed by atoms with van der Waals surface area (Å²) >= 11 is 0. The van der Waals surface area contributed by atoms with Crippen LogP contribution in [0.15, 0.2) is 24.5 Å². The zero-order valence-corrected chi connectivity index (χ0v) is 15.0. The van der Waals surface area contributed by atoms with E-state index in [4.69, 9.17) is 0 Å². The third-order valence-electron chi connectivity index (χ3n) is 3.31. The van der Waals surface area contributed by atoms with Crippen LogP contribution in [0.4, 0.5) is 5.69 Å². The lowest BCUT2D eigenvalue weighted by Gasteiger charge is -2.23. The van der Waals surface area contributed by atoms with Gasteiger partial charge in [0, 0.05) is 18.1 Å². The molecule has 0 saturated carbocycles. The second-order valence-corrected chi connectivity index (χ2v) is 11.5. The SMILES string of the molecule is Cc1cc(C)c(N2[CH]N(CC#C[Si](C)(C)C)C=C2)c(C)c1. The number of anilines is 1. The molecule has 0 saturated heterocycles. The van der Waals surface area contributed by atoms with Crippen LogP contribution >= 0.6 is 0 Å². The molecule has 0 aromatic heterocycles. The van der Waals surface area contributed by atoms with Gasteiger partial charge >= 0.3 is 0 Å². The lowest BCUT2D eigenvalue weighted by atomic mass is 10.0. The predicted molar refractivity (Wildman–Crippen MR) is 94.4 cm³/mol. The molecule has 0 N–H and O–H groups in total. The normalized spacial score (nSPS) is 14.4. The molecule has 0 atom stereocenters. The Morgan fingerprint density at radius 1 is 1.00 bits per heavy atom. The minimum Gasteiger partial charge on any atom is -0.341 e. The first-order chi connectivity index (χ1) is 9.76. The van der Waals surface area contributed by atoms with Crippen LogP contribution in [-0.2, 0) is 0 Å². The maximum atomic E-state index is 3.41.